The van der Waals surface area contributed by atoms with Gasteiger partial charge in [-0.25, -0.2) is 0 Å². The molecule has 0 fully saturated rings. The Morgan fingerprint density at radius 3 is 2.79 bits per heavy atom. The lowest BCUT2D eigenvalue weighted by Gasteiger charge is -2.15. The Labute approximate surface area is 204 Å². The minimum absolute atomic E-state index is 0.283. The lowest BCUT2D eigenvalue weighted by molar-refractivity contribution is -0.667. The highest BCUT2D eigenvalue weighted by Gasteiger charge is 2.29. The number of nitrogens with zero attached hydrogens (tertiary/aromatic N) is 2. The largest absolute Gasteiger partial charge is 0.438 e. The summed E-state index contributed by atoms with van der Waals surface area (Å²) in [5.74, 6) is 1.25. The normalized spacial score (nSPS) is 14.9. The summed E-state index contributed by atoms with van der Waals surface area (Å²) in [4.78, 5) is 2.12. The molecule has 3 aromatic carbocycles. The summed E-state index contributed by atoms with van der Waals surface area (Å²) in [5, 5.41) is 3.18. The molecule has 0 spiro atoms. The number of anilines is 1. The molecule has 6 nitrogen and oxygen atoms in total. The fourth-order valence-corrected chi connectivity index (χ4v) is 6.20. The van der Waals surface area contributed by atoms with Crippen molar-refractivity contribution in [2.24, 2.45) is 0 Å². The SMILES string of the molecule is CCN1C(=Cc2sc3ccc4ccccc4c3[n+]2CCCS(=O)(=O)O)Oc2ccc(Br)cc21. The van der Waals surface area contributed by atoms with Gasteiger partial charge in [0.05, 0.1) is 22.9 Å². The van der Waals surface area contributed by atoms with Gasteiger partial charge in [0.15, 0.2) is 12.3 Å². The van der Waals surface area contributed by atoms with Gasteiger partial charge in [-0.05, 0) is 42.6 Å². The molecular formula is C24H22BrN2O4S2+. The van der Waals surface area contributed by atoms with E-state index in [1.54, 1.807) is 11.3 Å². The number of hydrogen-bond donors (Lipinski definition) is 1. The van der Waals surface area contributed by atoms with E-state index in [2.05, 4.69) is 56.6 Å². The lowest BCUT2D eigenvalue weighted by atomic mass is 10.1. The molecule has 0 aliphatic carbocycles. The highest BCUT2D eigenvalue weighted by atomic mass is 79.9. The molecule has 0 amide bonds. The summed E-state index contributed by atoms with van der Waals surface area (Å²) in [7, 11) is -4.02. The average Bonchev–Trinajstić information content (AvgIpc) is 3.30. The van der Waals surface area contributed by atoms with Crippen molar-refractivity contribution in [3.8, 4) is 5.75 Å². The number of aromatic nitrogens is 1. The van der Waals surface area contributed by atoms with Gasteiger partial charge in [0.1, 0.15) is 4.70 Å². The number of rotatable bonds is 6. The minimum atomic E-state index is -4.02. The first-order chi connectivity index (χ1) is 15.8. The van der Waals surface area contributed by atoms with Gasteiger partial charge in [-0.1, -0.05) is 51.5 Å². The summed E-state index contributed by atoms with van der Waals surface area (Å²) in [6.45, 7) is 3.27. The molecule has 1 aromatic heterocycles. The molecule has 1 aliphatic heterocycles. The quantitative estimate of drug-likeness (QED) is 0.252. The standard InChI is InChI=1S/C24H21BrN2O4S2/c1-2-26-19-14-17(25)9-10-20(19)31-22(26)15-23-27(12-5-13-33(28,29)30)24-18-7-4-3-6-16(18)8-11-21(24)32-23/h3-4,6-11,14-15H,2,5,12-13H2,1H3/p+1. The van der Waals surface area contributed by atoms with Crippen LogP contribution in [0.1, 0.15) is 18.4 Å². The maximum absolute atomic E-state index is 11.3. The molecule has 170 valence electrons. The number of hydrogen-bond acceptors (Lipinski definition) is 5. The van der Waals surface area contributed by atoms with Gasteiger partial charge in [0.2, 0.25) is 11.4 Å². The molecule has 0 unspecified atom stereocenters. The second kappa shape index (κ2) is 8.72. The van der Waals surface area contributed by atoms with Gasteiger partial charge >= 0.3 is 0 Å². The Bertz CT molecular complexity index is 1510. The number of fused-ring (bicyclic) bond motifs is 4. The lowest BCUT2D eigenvalue weighted by Crippen LogP contribution is -2.36. The van der Waals surface area contributed by atoms with Crippen LogP contribution in [0.5, 0.6) is 5.75 Å². The summed E-state index contributed by atoms with van der Waals surface area (Å²) < 4.78 is 42.3. The van der Waals surface area contributed by atoms with Crippen molar-refractivity contribution in [3.63, 3.8) is 0 Å². The first-order valence-corrected chi connectivity index (χ1v) is 13.8. The van der Waals surface area contributed by atoms with E-state index >= 15 is 0 Å². The van der Waals surface area contributed by atoms with Crippen LogP contribution >= 0.6 is 27.3 Å². The zero-order valence-corrected chi connectivity index (χ0v) is 21.1. The zero-order chi connectivity index (χ0) is 23.2. The van der Waals surface area contributed by atoms with E-state index in [-0.39, 0.29) is 5.75 Å². The Morgan fingerprint density at radius 1 is 1.18 bits per heavy atom. The fraction of sp³-hybridized carbons (Fsp3) is 0.208. The third kappa shape index (κ3) is 4.38. The first kappa shape index (κ1) is 22.3. The summed E-state index contributed by atoms with van der Waals surface area (Å²) in [6, 6.07) is 18.3. The first-order valence-electron chi connectivity index (χ1n) is 10.6. The summed E-state index contributed by atoms with van der Waals surface area (Å²) in [6.07, 6.45) is 2.32. The van der Waals surface area contributed by atoms with E-state index < -0.39 is 10.1 Å². The van der Waals surface area contributed by atoms with Crippen molar-refractivity contribution in [1.29, 1.82) is 0 Å². The Kier molecular flexibility index (Phi) is 5.90. The molecule has 0 bridgehead atoms. The van der Waals surface area contributed by atoms with E-state index in [9.17, 15) is 13.0 Å². The predicted molar refractivity (Wildman–Crippen MR) is 136 cm³/mol. The third-order valence-corrected chi connectivity index (χ3v) is 8.05. The van der Waals surface area contributed by atoms with Gasteiger partial charge < -0.3 is 9.64 Å². The highest BCUT2D eigenvalue weighted by Crippen LogP contribution is 2.41. The van der Waals surface area contributed by atoms with E-state index in [1.165, 1.54) is 0 Å². The summed E-state index contributed by atoms with van der Waals surface area (Å²) >= 11 is 5.17. The molecule has 0 radical (unpaired) electrons. The molecule has 5 rings (SSSR count). The molecule has 0 saturated carbocycles. The topological polar surface area (TPSA) is 70.7 Å². The van der Waals surface area contributed by atoms with Crippen molar-refractivity contribution < 1.29 is 22.3 Å². The number of halogens is 1. The van der Waals surface area contributed by atoms with Crippen molar-refractivity contribution in [2.45, 2.75) is 19.9 Å². The molecule has 1 aliphatic rings. The van der Waals surface area contributed by atoms with Crippen LogP contribution in [0.4, 0.5) is 5.69 Å². The van der Waals surface area contributed by atoms with E-state index in [4.69, 9.17) is 4.74 Å². The fourth-order valence-electron chi connectivity index (χ4n) is 4.22. The molecule has 1 N–H and O–H groups in total. The van der Waals surface area contributed by atoms with Crippen LogP contribution in [0.3, 0.4) is 0 Å². The predicted octanol–water partition coefficient (Wildman–Crippen LogP) is 5.60. The second-order valence-electron chi connectivity index (χ2n) is 7.81. The maximum atomic E-state index is 11.3. The Morgan fingerprint density at radius 2 is 2.00 bits per heavy atom. The van der Waals surface area contributed by atoms with E-state index in [0.717, 1.165) is 54.3 Å². The number of thiazole rings is 1. The zero-order valence-electron chi connectivity index (χ0n) is 17.9. The molecule has 0 atom stereocenters. The van der Waals surface area contributed by atoms with Crippen LogP contribution in [0.15, 0.2) is 65.0 Å². The molecule has 9 heteroatoms. The molecule has 4 aromatic rings. The van der Waals surface area contributed by atoms with Crippen LogP contribution in [0, 0.1) is 0 Å². The number of benzene rings is 3. The van der Waals surface area contributed by atoms with Crippen LogP contribution in [-0.2, 0) is 16.7 Å². The monoisotopic (exact) mass is 545 g/mol. The van der Waals surface area contributed by atoms with Gasteiger partial charge in [0, 0.05) is 17.4 Å². The van der Waals surface area contributed by atoms with Crippen LogP contribution in [0.25, 0.3) is 27.1 Å². The van der Waals surface area contributed by atoms with Gasteiger partial charge in [-0.3, -0.25) is 4.55 Å². The van der Waals surface area contributed by atoms with Crippen molar-refractivity contribution in [3.05, 3.63) is 70.0 Å². The van der Waals surface area contributed by atoms with E-state index in [0.29, 0.717) is 13.0 Å². The second-order valence-corrected chi connectivity index (χ2v) is 11.4. The molecular weight excluding hydrogens is 524 g/mol. The molecule has 2 heterocycles. The number of aryl methyl sites for hydroxylation is 1. The van der Waals surface area contributed by atoms with Crippen molar-refractivity contribution in [1.82, 2.24) is 0 Å². The summed E-state index contributed by atoms with van der Waals surface area (Å²) in [5.41, 5.74) is 2.06. The van der Waals surface area contributed by atoms with Crippen molar-refractivity contribution >= 4 is 70.1 Å². The van der Waals surface area contributed by atoms with Gasteiger partial charge in [0.25, 0.3) is 15.1 Å². The van der Waals surface area contributed by atoms with E-state index in [1.807, 2.05) is 36.4 Å². The minimum Gasteiger partial charge on any atom is -0.438 e. The Hall–Kier alpha value is -2.46. The van der Waals surface area contributed by atoms with Crippen molar-refractivity contribution in [2.75, 3.05) is 17.2 Å². The Balaban J connectivity index is 1.64. The highest BCUT2D eigenvalue weighted by molar-refractivity contribution is 9.10. The van der Waals surface area contributed by atoms with Crippen LogP contribution in [0.2, 0.25) is 0 Å². The number of ether oxygens (including phenoxy) is 1. The third-order valence-electron chi connectivity index (χ3n) is 5.65. The average molecular weight is 546 g/mol. The van der Waals surface area contributed by atoms with Crippen LogP contribution in [-0.4, -0.2) is 25.3 Å². The maximum Gasteiger partial charge on any atom is 0.268 e. The van der Waals surface area contributed by atoms with Gasteiger partial charge in [-0.15, -0.1) is 0 Å². The molecule has 33 heavy (non-hydrogen) atoms. The molecule has 0 saturated heterocycles. The van der Waals surface area contributed by atoms with Crippen LogP contribution < -0.4 is 14.2 Å². The van der Waals surface area contributed by atoms with Gasteiger partial charge in [-0.2, -0.15) is 13.0 Å². The smallest absolute Gasteiger partial charge is 0.268 e.